The number of hydrogen-bond donors (Lipinski definition) is 3. The zero-order chi connectivity index (χ0) is 11.7. The fourth-order valence-corrected chi connectivity index (χ4v) is 1.44. The van der Waals surface area contributed by atoms with Gasteiger partial charge in [-0.3, -0.25) is 9.59 Å². The van der Waals surface area contributed by atoms with Gasteiger partial charge in [0.05, 0.1) is 17.1 Å². The summed E-state index contributed by atoms with van der Waals surface area (Å²) < 4.78 is 5.17. The Balaban J connectivity index is 2.38. The molecule has 0 atom stereocenters. The van der Waals surface area contributed by atoms with Crippen molar-refractivity contribution in [2.45, 2.75) is 6.92 Å². The Morgan fingerprint density at radius 1 is 1.56 bits per heavy atom. The molecule has 0 radical (unpaired) electrons. The van der Waals surface area contributed by atoms with Gasteiger partial charge < -0.3 is 21.1 Å². The molecular weight excluding hydrogens is 210 g/mol. The van der Waals surface area contributed by atoms with Crippen LogP contribution in [0.1, 0.15) is 6.92 Å². The van der Waals surface area contributed by atoms with Crippen LogP contribution >= 0.6 is 0 Å². The first-order chi connectivity index (χ1) is 7.56. The maximum Gasteiger partial charge on any atom is 0.262 e. The number of nitrogens with two attached hydrogens (primary N) is 1. The highest BCUT2D eigenvalue weighted by Crippen LogP contribution is 2.34. The first-order valence-electron chi connectivity index (χ1n) is 4.70. The molecule has 84 valence electrons. The van der Waals surface area contributed by atoms with Crippen LogP contribution in [0, 0.1) is 0 Å². The van der Waals surface area contributed by atoms with Crippen LogP contribution < -0.4 is 21.1 Å². The lowest BCUT2D eigenvalue weighted by Crippen LogP contribution is -2.25. The summed E-state index contributed by atoms with van der Waals surface area (Å²) in [5, 5.41) is 5.20. The van der Waals surface area contributed by atoms with Gasteiger partial charge in [0.25, 0.3) is 5.91 Å². The molecule has 1 aliphatic heterocycles. The van der Waals surface area contributed by atoms with E-state index in [0.29, 0.717) is 22.8 Å². The van der Waals surface area contributed by atoms with Gasteiger partial charge in [-0.15, -0.1) is 0 Å². The summed E-state index contributed by atoms with van der Waals surface area (Å²) in [5.41, 5.74) is 7.08. The van der Waals surface area contributed by atoms with Crippen LogP contribution in [0.15, 0.2) is 12.1 Å². The normalized spacial score (nSPS) is 13.4. The molecule has 0 spiro atoms. The quantitative estimate of drug-likeness (QED) is 0.604. The molecule has 0 fully saturated rings. The van der Waals surface area contributed by atoms with Crippen molar-refractivity contribution in [3.8, 4) is 5.75 Å². The van der Waals surface area contributed by atoms with Gasteiger partial charge in [-0.05, 0) is 6.07 Å². The Morgan fingerprint density at radius 3 is 3.00 bits per heavy atom. The van der Waals surface area contributed by atoms with Gasteiger partial charge in [-0.25, -0.2) is 0 Å². The summed E-state index contributed by atoms with van der Waals surface area (Å²) >= 11 is 0. The Kier molecular flexibility index (Phi) is 2.40. The fourth-order valence-electron chi connectivity index (χ4n) is 1.44. The number of fused-ring (bicyclic) bond motifs is 1. The molecule has 0 unspecified atom stereocenters. The fraction of sp³-hybridized carbons (Fsp3) is 0.200. The standard InChI is InChI=1S/C10H11N3O3/c1-5(14)12-7-3-8-9(2-6(7)11)16-4-10(15)13-8/h2-3H,4,11H2,1H3,(H,12,14)(H,13,15). The van der Waals surface area contributed by atoms with Gasteiger partial charge in [0, 0.05) is 13.0 Å². The third-order valence-electron chi connectivity index (χ3n) is 2.10. The number of rotatable bonds is 1. The predicted molar refractivity (Wildman–Crippen MR) is 59.3 cm³/mol. The maximum absolute atomic E-state index is 11.1. The third-order valence-corrected chi connectivity index (χ3v) is 2.10. The van der Waals surface area contributed by atoms with E-state index < -0.39 is 0 Å². The molecule has 0 aliphatic carbocycles. The van der Waals surface area contributed by atoms with E-state index in [1.165, 1.54) is 6.92 Å². The smallest absolute Gasteiger partial charge is 0.262 e. The van der Waals surface area contributed by atoms with Crippen LogP contribution in [0.2, 0.25) is 0 Å². The molecule has 6 heteroatoms. The summed E-state index contributed by atoms with van der Waals surface area (Å²) in [5.74, 6) is 0.0481. The number of ether oxygens (including phenoxy) is 1. The highest BCUT2D eigenvalue weighted by molar-refractivity contribution is 5.99. The molecule has 1 aromatic carbocycles. The molecule has 1 heterocycles. The van der Waals surface area contributed by atoms with Gasteiger partial charge in [-0.2, -0.15) is 0 Å². The van der Waals surface area contributed by atoms with E-state index >= 15 is 0 Å². The van der Waals surface area contributed by atoms with Gasteiger partial charge in [0.2, 0.25) is 5.91 Å². The van der Waals surface area contributed by atoms with Crippen LogP contribution in [0.5, 0.6) is 5.75 Å². The SMILES string of the molecule is CC(=O)Nc1cc2c(cc1N)OCC(=O)N2. The molecule has 1 aliphatic rings. The van der Waals surface area contributed by atoms with E-state index in [1.54, 1.807) is 12.1 Å². The second-order valence-corrected chi connectivity index (χ2v) is 3.45. The maximum atomic E-state index is 11.1. The molecular formula is C10H11N3O3. The number of nitrogen functional groups attached to an aromatic ring is 1. The van der Waals surface area contributed by atoms with E-state index in [2.05, 4.69) is 10.6 Å². The largest absolute Gasteiger partial charge is 0.482 e. The second-order valence-electron chi connectivity index (χ2n) is 3.45. The monoisotopic (exact) mass is 221 g/mol. The Hall–Kier alpha value is -2.24. The lowest BCUT2D eigenvalue weighted by molar-refractivity contribution is -0.118. The molecule has 0 saturated carbocycles. The summed E-state index contributed by atoms with van der Waals surface area (Å²) in [6, 6.07) is 3.14. The summed E-state index contributed by atoms with van der Waals surface area (Å²) in [6.45, 7) is 1.36. The zero-order valence-electron chi connectivity index (χ0n) is 8.66. The van der Waals surface area contributed by atoms with E-state index in [-0.39, 0.29) is 18.4 Å². The van der Waals surface area contributed by atoms with E-state index in [0.717, 1.165) is 0 Å². The molecule has 6 nitrogen and oxygen atoms in total. The first-order valence-corrected chi connectivity index (χ1v) is 4.70. The number of carbonyl (C=O) groups is 2. The topological polar surface area (TPSA) is 93.5 Å². The molecule has 0 saturated heterocycles. The van der Waals surface area contributed by atoms with Crippen molar-refractivity contribution in [2.75, 3.05) is 23.0 Å². The van der Waals surface area contributed by atoms with Crippen LogP contribution in [0.25, 0.3) is 0 Å². The van der Waals surface area contributed by atoms with Gasteiger partial charge in [0.1, 0.15) is 5.75 Å². The zero-order valence-corrected chi connectivity index (χ0v) is 8.66. The van der Waals surface area contributed by atoms with E-state index in [1.807, 2.05) is 0 Å². The minimum absolute atomic E-state index is 0.0219. The number of hydrogen-bond acceptors (Lipinski definition) is 4. The molecule has 2 rings (SSSR count). The van der Waals surface area contributed by atoms with E-state index in [4.69, 9.17) is 10.5 Å². The van der Waals surface area contributed by atoms with Gasteiger partial charge in [0.15, 0.2) is 6.61 Å². The summed E-state index contributed by atoms with van der Waals surface area (Å²) in [7, 11) is 0. The van der Waals surface area contributed by atoms with Crippen molar-refractivity contribution in [1.82, 2.24) is 0 Å². The van der Waals surface area contributed by atoms with Gasteiger partial charge >= 0.3 is 0 Å². The highest BCUT2D eigenvalue weighted by Gasteiger charge is 2.18. The van der Waals surface area contributed by atoms with Crippen molar-refractivity contribution < 1.29 is 14.3 Å². The van der Waals surface area contributed by atoms with Crippen molar-refractivity contribution in [3.05, 3.63) is 12.1 Å². The number of anilines is 3. The number of amides is 2. The molecule has 0 aromatic heterocycles. The predicted octanol–water partition coefficient (Wildman–Crippen LogP) is 0.558. The molecule has 1 aromatic rings. The van der Waals surface area contributed by atoms with Crippen LogP contribution in [-0.4, -0.2) is 18.4 Å². The van der Waals surface area contributed by atoms with Crippen molar-refractivity contribution >= 4 is 28.9 Å². The first kappa shape index (κ1) is 10.3. The van der Waals surface area contributed by atoms with Crippen LogP contribution in [0.3, 0.4) is 0 Å². The average molecular weight is 221 g/mol. The van der Waals surface area contributed by atoms with E-state index in [9.17, 15) is 9.59 Å². The Labute approximate surface area is 91.8 Å². The highest BCUT2D eigenvalue weighted by atomic mass is 16.5. The lowest BCUT2D eigenvalue weighted by Gasteiger charge is -2.19. The second kappa shape index (κ2) is 3.73. The molecule has 2 amide bonds. The Morgan fingerprint density at radius 2 is 2.31 bits per heavy atom. The molecule has 16 heavy (non-hydrogen) atoms. The van der Waals surface area contributed by atoms with Crippen molar-refractivity contribution in [3.63, 3.8) is 0 Å². The van der Waals surface area contributed by atoms with Crippen molar-refractivity contribution in [1.29, 1.82) is 0 Å². The lowest BCUT2D eigenvalue weighted by atomic mass is 10.2. The number of benzene rings is 1. The van der Waals surface area contributed by atoms with Gasteiger partial charge in [-0.1, -0.05) is 0 Å². The summed E-state index contributed by atoms with van der Waals surface area (Å²) in [6.07, 6.45) is 0. The third kappa shape index (κ3) is 1.90. The van der Waals surface area contributed by atoms with Crippen LogP contribution in [-0.2, 0) is 9.59 Å². The molecule has 4 N–H and O–H groups in total. The minimum Gasteiger partial charge on any atom is -0.482 e. The number of nitrogens with one attached hydrogen (secondary N) is 2. The molecule has 0 bridgehead atoms. The number of carbonyl (C=O) groups excluding carboxylic acids is 2. The Bertz CT molecular complexity index is 471. The van der Waals surface area contributed by atoms with Crippen LogP contribution in [0.4, 0.5) is 17.1 Å². The summed E-state index contributed by atoms with van der Waals surface area (Å²) in [4.78, 5) is 22.0. The minimum atomic E-state index is -0.231. The van der Waals surface area contributed by atoms with Crippen molar-refractivity contribution in [2.24, 2.45) is 0 Å². The average Bonchev–Trinajstić information content (AvgIpc) is 2.19.